The van der Waals surface area contributed by atoms with Crippen LogP contribution in [0.4, 0.5) is 0 Å². The fraction of sp³-hybridized carbons (Fsp3) is 0.875. The zero-order chi connectivity index (χ0) is 10.6. The lowest BCUT2D eigenvalue weighted by Gasteiger charge is -2.17. The molecule has 1 saturated heterocycles. The predicted octanol–water partition coefficient (Wildman–Crippen LogP) is -0.00123. The summed E-state index contributed by atoms with van der Waals surface area (Å²) in [6.45, 7) is 3.45. The molecule has 1 rings (SSSR count). The summed E-state index contributed by atoms with van der Waals surface area (Å²) in [5.74, 6) is 0.653. The Kier molecular flexibility index (Phi) is 3.88. The third-order valence-corrected chi connectivity index (χ3v) is 3.67. The third-order valence-electron chi connectivity index (χ3n) is 2.22. The topological polar surface area (TPSA) is 73.3 Å². The van der Waals surface area contributed by atoms with E-state index in [0.717, 1.165) is 19.4 Å². The zero-order valence-electron chi connectivity index (χ0n) is 8.41. The molecule has 6 heteroatoms. The lowest BCUT2D eigenvalue weighted by Crippen LogP contribution is -2.34. The second-order valence-corrected chi connectivity index (χ2v) is 5.28. The van der Waals surface area contributed by atoms with Crippen molar-refractivity contribution in [1.82, 2.24) is 9.62 Å². The Hall–Kier alpha value is -0.620. The van der Waals surface area contributed by atoms with Gasteiger partial charge in [-0.05, 0) is 6.42 Å². The van der Waals surface area contributed by atoms with Crippen LogP contribution in [0.15, 0.2) is 0 Å². The SMILES string of the molecule is CCNS(=O)(=O)CCN1CCCC1=N. The molecule has 0 spiro atoms. The highest BCUT2D eigenvalue weighted by Crippen LogP contribution is 2.09. The van der Waals surface area contributed by atoms with Crippen molar-refractivity contribution >= 4 is 15.9 Å². The number of likely N-dealkylation sites (tertiary alicyclic amines) is 1. The standard InChI is InChI=1S/C8H17N3O2S/c1-2-10-14(12,13)7-6-11-5-3-4-8(11)9/h9-10H,2-7H2,1H3. The van der Waals surface area contributed by atoms with E-state index in [1.54, 1.807) is 6.92 Å². The van der Waals surface area contributed by atoms with Crippen LogP contribution < -0.4 is 4.72 Å². The van der Waals surface area contributed by atoms with Gasteiger partial charge in [0, 0.05) is 26.1 Å². The lowest BCUT2D eigenvalue weighted by molar-refractivity contribution is 0.472. The molecule has 2 N–H and O–H groups in total. The number of nitrogens with zero attached hydrogens (tertiary/aromatic N) is 1. The van der Waals surface area contributed by atoms with E-state index in [9.17, 15) is 8.42 Å². The highest BCUT2D eigenvalue weighted by Gasteiger charge is 2.18. The molecule has 0 bridgehead atoms. The van der Waals surface area contributed by atoms with E-state index >= 15 is 0 Å². The Balaban J connectivity index is 2.36. The molecule has 0 aromatic carbocycles. The maximum atomic E-state index is 11.3. The summed E-state index contributed by atoms with van der Waals surface area (Å²) in [6.07, 6.45) is 1.75. The molecule has 14 heavy (non-hydrogen) atoms. The first kappa shape index (κ1) is 11.5. The van der Waals surface area contributed by atoms with Crippen LogP contribution in [0, 0.1) is 5.41 Å². The summed E-state index contributed by atoms with van der Waals surface area (Å²) in [4.78, 5) is 1.83. The Bertz CT molecular complexity index is 300. The average molecular weight is 219 g/mol. The van der Waals surface area contributed by atoms with Crippen molar-refractivity contribution in [2.45, 2.75) is 19.8 Å². The van der Waals surface area contributed by atoms with E-state index in [1.807, 2.05) is 4.90 Å². The summed E-state index contributed by atoms with van der Waals surface area (Å²) in [7, 11) is -3.13. The van der Waals surface area contributed by atoms with Crippen molar-refractivity contribution in [2.75, 3.05) is 25.4 Å². The quantitative estimate of drug-likeness (QED) is 0.683. The maximum Gasteiger partial charge on any atom is 0.213 e. The Morgan fingerprint density at radius 3 is 2.79 bits per heavy atom. The number of nitrogens with one attached hydrogen (secondary N) is 2. The van der Waals surface area contributed by atoms with Gasteiger partial charge in [-0.3, -0.25) is 5.41 Å². The van der Waals surface area contributed by atoms with Gasteiger partial charge < -0.3 is 4.90 Å². The van der Waals surface area contributed by atoms with Gasteiger partial charge >= 0.3 is 0 Å². The van der Waals surface area contributed by atoms with Crippen LogP contribution in [0.2, 0.25) is 0 Å². The van der Waals surface area contributed by atoms with Gasteiger partial charge in [0.05, 0.1) is 11.6 Å². The molecule has 0 saturated carbocycles. The van der Waals surface area contributed by atoms with E-state index in [2.05, 4.69) is 4.72 Å². The van der Waals surface area contributed by atoms with E-state index in [-0.39, 0.29) is 5.75 Å². The molecule has 82 valence electrons. The third kappa shape index (κ3) is 3.26. The number of sulfonamides is 1. The van der Waals surface area contributed by atoms with Crippen LogP contribution in [0.5, 0.6) is 0 Å². The van der Waals surface area contributed by atoms with Crippen LogP contribution in [-0.2, 0) is 10.0 Å². The molecule has 0 radical (unpaired) electrons. The second-order valence-electron chi connectivity index (χ2n) is 3.35. The van der Waals surface area contributed by atoms with Gasteiger partial charge in [0.25, 0.3) is 0 Å². The van der Waals surface area contributed by atoms with Crippen LogP contribution >= 0.6 is 0 Å². The van der Waals surface area contributed by atoms with Crippen molar-refractivity contribution in [3.05, 3.63) is 0 Å². The second kappa shape index (κ2) is 4.75. The molecular weight excluding hydrogens is 202 g/mol. The minimum absolute atomic E-state index is 0.0865. The Morgan fingerprint density at radius 2 is 2.29 bits per heavy atom. The molecule has 0 aliphatic carbocycles. The highest BCUT2D eigenvalue weighted by molar-refractivity contribution is 7.89. The maximum absolute atomic E-state index is 11.3. The average Bonchev–Trinajstić information content (AvgIpc) is 2.48. The largest absolute Gasteiger partial charge is 0.359 e. The molecular formula is C8H17N3O2S. The lowest BCUT2D eigenvalue weighted by atomic mass is 10.4. The summed E-state index contributed by atoms with van der Waals surface area (Å²) < 4.78 is 25.0. The normalized spacial score (nSPS) is 17.8. The van der Waals surface area contributed by atoms with Crippen molar-refractivity contribution in [3.63, 3.8) is 0 Å². The van der Waals surface area contributed by atoms with Gasteiger partial charge in [-0.15, -0.1) is 0 Å². The van der Waals surface area contributed by atoms with Gasteiger partial charge in [-0.25, -0.2) is 13.1 Å². The summed E-state index contributed by atoms with van der Waals surface area (Å²) in [5, 5.41) is 7.53. The van der Waals surface area contributed by atoms with Crippen LogP contribution in [0.25, 0.3) is 0 Å². The smallest absolute Gasteiger partial charge is 0.213 e. The van der Waals surface area contributed by atoms with Gasteiger partial charge in [0.1, 0.15) is 0 Å². The first-order chi connectivity index (χ1) is 6.55. The minimum Gasteiger partial charge on any atom is -0.359 e. The van der Waals surface area contributed by atoms with Crippen LogP contribution in [0.1, 0.15) is 19.8 Å². The molecule has 1 aliphatic heterocycles. The van der Waals surface area contributed by atoms with E-state index in [4.69, 9.17) is 5.41 Å². The minimum atomic E-state index is -3.13. The first-order valence-corrected chi connectivity index (χ1v) is 6.50. The van der Waals surface area contributed by atoms with Gasteiger partial charge in [-0.1, -0.05) is 6.92 Å². The van der Waals surface area contributed by atoms with Gasteiger partial charge in [-0.2, -0.15) is 0 Å². The van der Waals surface area contributed by atoms with Crippen molar-refractivity contribution < 1.29 is 8.42 Å². The predicted molar refractivity (Wildman–Crippen MR) is 56.0 cm³/mol. The zero-order valence-corrected chi connectivity index (χ0v) is 9.23. The summed E-state index contributed by atoms with van der Waals surface area (Å²) >= 11 is 0. The molecule has 1 aliphatic rings. The van der Waals surface area contributed by atoms with Crippen LogP contribution in [-0.4, -0.2) is 44.5 Å². The summed E-state index contributed by atoms with van der Waals surface area (Å²) in [6, 6.07) is 0. The summed E-state index contributed by atoms with van der Waals surface area (Å²) in [5.41, 5.74) is 0. The molecule has 0 aromatic rings. The Labute approximate surface area is 85.0 Å². The van der Waals surface area contributed by atoms with E-state index in [0.29, 0.717) is 18.9 Å². The van der Waals surface area contributed by atoms with Crippen molar-refractivity contribution in [3.8, 4) is 0 Å². The highest BCUT2D eigenvalue weighted by atomic mass is 32.2. The molecule has 0 aromatic heterocycles. The number of hydrogen-bond donors (Lipinski definition) is 2. The monoisotopic (exact) mass is 219 g/mol. The molecule has 0 atom stereocenters. The fourth-order valence-corrected chi connectivity index (χ4v) is 2.54. The van der Waals surface area contributed by atoms with E-state index < -0.39 is 10.0 Å². The molecule has 0 amide bonds. The number of amidine groups is 1. The van der Waals surface area contributed by atoms with Gasteiger partial charge in [0.2, 0.25) is 10.0 Å². The molecule has 0 unspecified atom stereocenters. The van der Waals surface area contributed by atoms with Gasteiger partial charge in [0.15, 0.2) is 0 Å². The first-order valence-electron chi connectivity index (χ1n) is 4.85. The van der Waals surface area contributed by atoms with Crippen LogP contribution in [0.3, 0.4) is 0 Å². The molecule has 1 fully saturated rings. The van der Waals surface area contributed by atoms with Crippen molar-refractivity contribution in [1.29, 1.82) is 5.41 Å². The Morgan fingerprint density at radius 1 is 1.57 bits per heavy atom. The number of hydrogen-bond acceptors (Lipinski definition) is 3. The number of rotatable bonds is 5. The molecule has 1 heterocycles. The van der Waals surface area contributed by atoms with Crippen molar-refractivity contribution in [2.24, 2.45) is 0 Å². The fourth-order valence-electron chi connectivity index (χ4n) is 1.50. The molecule has 5 nitrogen and oxygen atoms in total. The van der Waals surface area contributed by atoms with E-state index in [1.165, 1.54) is 0 Å².